The molecule has 0 radical (unpaired) electrons. The fraction of sp³-hybridized carbons (Fsp3) is 0.692. The zero-order valence-electron chi connectivity index (χ0n) is 11.2. The molecule has 0 bridgehead atoms. The minimum Gasteiger partial charge on any atom is -0.349 e. The zero-order chi connectivity index (χ0) is 13.4. The summed E-state index contributed by atoms with van der Waals surface area (Å²) in [6, 6.07) is 1.78. The van der Waals surface area contributed by atoms with Crippen molar-refractivity contribution in [2.75, 3.05) is 0 Å². The fourth-order valence-electron chi connectivity index (χ4n) is 2.11. The Morgan fingerprint density at radius 3 is 2.29 bits per heavy atom. The van der Waals surface area contributed by atoms with Crippen molar-refractivity contribution in [2.24, 2.45) is 11.7 Å². The van der Waals surface area contributed by atoms with Crippen molar-refractivity contribution < 1.29 is 8.78 Å². The van der Waals surface area contributed by atoms with Gasteiger partial charge in [-0.15, -0.1) is 0 Å². The van der Waals surface area contributed by atoms with Crippen LogP contribution in [0.25, 0.3) is 0 Å². The number of hydrogen-bond donors (Lipinski definition) is 1. The molecule has 0 fully saturated rings. The van der Waals surface area contributed by atoms with E-state index in [9.17, 15) is 8.78 Å². The van der Waals surface area contributed by atoms with Crippen molar-refractivity contribution in [3.05, 3.63) is 23.0 Å². The maximum Gasteiger partial charge on any atom is 0.260 e. The molecule has 1 heterocycles. The van der Waals surface area contributed by atoms with Crippen molar-refractivity contribution in [1.29, 1.82) is 0 Å². The summed E-state index contributed by atoms with van der Waals surface area (Å²) in [5.41, 5.74) is 6.54. The molecule has 0 saturated heterocycles. The second-order valence-electron chi connectivity index (χ2n) is 5.37. The van der Waals surface area contributed by atoms with Gasteiger partial charge in [0.2, 0.25) is 0 Å². The summed E-state index contributed by atoms with van der Waals surface area (Å²) in [7, 11) is 0. The molecule has 17 heavy (non-hydrogen) atoms. The second-order valence-corrected chi connectivity index (χ2v) is 5.37. The summed E-state index contributed by atoms with van der Waals surface area (Å²) in [4.78, 5) is 0. The van der Waals surface area contributed by atoms with Gasteiger partial charge in [-0.2, -0.15) is 0 Å². The number of hydrogen-bond acceptors (Lipinski definition) is 1. The number of nitrogens with zero attached hydrogens (tertiary/aromatic N) is 1. The normalized spacial score (nSPS) is 15.6. The topological polar surface area (TPSA) is 30.9 Å². The van der Waals surface area contributed by atoms with Crippen LogP contribution >= 0.6 is 0 Å². The Hall–Kier alpha value is -0.900. The molecule has 0 aromatic carbocycles. The van der Waals surface area contributed by atoms with Crippen LogP contribution in [0.3, 0.4) is 0 Å². The predicted octanol–water partition coefficient (Wildman–Crippen LogP) is 3.20. The maximum atomic E-state index is 12.9. The van der Waals surface area contributed by atoms with Crippen LogP contribution in [0.15, 0.2) is 6.07 Å². The standard InChI is InChI=1S/C13H22F2N2/c1-8(2)7-17-9(3)6-11(10(17)4)13(5,16)12(14)15/h6,8,12H,7,16H2,1-5H3. The molecule has 2 nitrogen and oxygen atoms in total. The SMILES string of the molecule is Cc1cc(C(C)(N)C(F)F)c(C)n1CC(C)C. The van der Waals surface area contributed by atoms with Crippen LogP contribution in [-0.4, -0.2) is 11.0 Å². The van der Waals surface area contributed by atoms with E-state index in [1.807, 2.05) is 13.8 Å². The zero-order valence-corrected chi connectivity index (χ0v) is 11.2. The van der Waals surface area contributed by atoms with Gasteiger partial charge in [0.1, 0.15) is 5.54 Å². The largest absolute Gasteiger partial charge is 0.349 e. The molecule has 0 spiro atoms. The van der Waals surface area contributed by atoms with Crippen molar-refractivity contribution in [2.45, 2.75) is 53.1 Å². The number of halogens is 2. The first-order valence-electron chi connectivity index (χ1n) is 5.92. The van der Waals surface area contributed by atoms with Gasteiger partial charge < -0.3 is 10.3 Å². The van der Waals surface area contributed by atoms with Crippen molar-refractivity contribution in [1.82, 2.24) is 4.57 Å². The minimum absolute atomic E-state index is 0.475. The van der Waals surface area contributed by atoms with Crippen molar-refractivity contribution in [3.63, 3.8) is 0 Å². The lowest BCUT2D eigenvalue weighted by atomic mass is 9.94. The highest BCUT2D eigenvalue weighted by atomic mass is 19.3. The third-order valence-electron chi connectivity index (χ3n) is 3.16. The average Bonchev–Trinajstić information content (AvgIpc) is 2.45. The Morgan fingerprint density at radius 2 is 1.88 bits per heavy atom. The van der Waals surface area contributed by atoms with E-state index in [2.05, 4.69) is 18.4 Å². The van der Waals surface area contributed by atoms with E-state index in [0.29, 0.717) is 11.5 Å². The Balaban J connectivity index is 3.21. The maximum absolute atomic E-state index is 12.9. The van der Waals surface area contributed by atoms with Crippen LogP contribution in [0.2, 0.25) is 0 Å². The number of aryl methyl sites for hydroxylation is 1. The fourth-order valence-corrected chi connectivity index (χ4v) is 2.11. The summed E-state index contributed by atoms with van der Waals surface area (Å²) in [6.45, 7) is 10.2. The van der Waals surface area contributed by atoms with Crippen LogP contribution in [0.5, 0.6) is 0 Å². The van der Waals surface area contributed by atoms with E-state index < -0.39 is 12.0 Å². The van der Waals surface area contributed by atoms with E-state index in [1.165, 1.54) is 6.92 Å². The van der Waals surface area contributed by atoms with E-state index in [4.69, 9.17) is 5.73 Å². The first-order valence-corrected chi connectivity index (χ1v) is 5.92. The highest BCUT2D eigenvalue weighted by Gasteiger charge is 2.35. The summed E-state index contributed by atoms with van der Waals surface area (Å²) in [5, 5.41) is 0. The molecule has 1 aromatic rings. The molecular weight excluding hydrogens is 222 g/mol. The summed E-state index contributed by atoms with van der Waals surface area (Å²) < 4.78 is 28.0. The van der Waals surface area contributed by atoms with E-state index in [-0.39, 0.29) is 0 Å². The second kappa shape index (κ2) is 4.77. The molecule has 1 aromatic heterocycles. The molecule has 1 atom stereocenters. The molecule has 2 N–H and O–H groups in total. The Morgan fingerprint density at radius 1 is 1.35 bits per heavy atom. The predicted molar refractivity (Wildman–Crippen MR) is 66.3 cm³/mol. The number of aromatic nitrogens is 1. The van der Waals surface area contributed by atoms with E-state index in [1.54, 1.807) is 6.07 Å². The molecular formula is C13H22F2N2. The number of nitrogens with two attached hydrogens (primary N) is 1. The minimum atomic E-state index is -2.56. The molecule has 0 amide bonds. The first-order chi connectivity index (χ1) is 7.67. The van der Waals surface area contributed by atoms with Crippen LogP contribution in [0.4, 0.5) is 8.78 Å². The van der Waals surface area contributed by atoms with Gasteiger partial charge in [-0.1, -0.05) is 13.8 Å². The molecule has 1 unspecified atom stereocenters. The molecule has 0 aliphatic heterocycles. The molecule has 0 aliphatic rings. The molecule has 1 rings (SSSR count). The number of alkyl halides is 2. The third-order valence-corrected chi connectivity index (χ3v) is 3.16. The third kappa shape index (κ3) is 2.68. The van der Waals surface area contributed by atoms with Crippen molar-refractivity contribution in [3.8, 4) is 0 Å². The highest BCUT2D eigenvalue weighted by molar-refractivity contribution is 5.33. The first kappa shape index (κ1) is 14.2. The Kier molecular flexibility index (Phi) is 3.97. The Labute approximate surface area is 102 Å². The van der Waals surface area contributed by atoms with E-state index >= 15 is 0 Å². The lowest BCUT2D eigenvalue weighted by molar-refractivity contribution is 0.0621. The lowest BCUT2D eigenvalue weighted by Gasteiger charge is -2.24. The summed E-state index contributed by atoms with van der Waals surface area (Å²) in [6.07, 6.45) is -2.56. The monoisotopic (exact) mass is 244 g/mol. The van der Waals surface area contributed by atoms with Gasteiger partial charge in [-0.25, -0.2) is 8.78 Å². The summed E-state index contributed by atoms with van der Waals surface area (Å²) >= 11 is 0. The van der Waals surface area contributed by atoms with Crippen LogP contribution in [0.1, 0.15) is 37.7 Å². The summed E-state index contributed by atoms with van der Waals surface area (Å²) in [5.74, 6) is 0.475. The highest BCUT2D eigenvalue weighted by Crippen LogP contribution is 2.30. The molecule has 98 valence electrons. The van der Waals surface area contributed by atoms with Gasteiger partial charge in [-0.3, -0.25) is 0 Å². The quantitative estimate of drug-likeness (QED) is 0.866. The van der Waals surface area contributed by atoms with E-state index in [0.717, 1.165) is 17.9 Å². The smallest absolute Gasteiger partial charge is 0.260 e. The van der Waals surface area contributed by atoms with Crippen LogP contribution < -0.4 is 5.73 Å². The van der Waals surface area contributed by atoms with Crippen LogP contribution in [-0.2, 0) is 12.1 Å². The molecule has 0 aliphatic carbocycles. The van der Waals surface area contributed by atoms with Crippen LogP contribution in [0, 0.1) is 19.8 Å². The lowest BCUT2D eigenvalue weighted by Crippen LogP contribution is -2.41. The Bertz CT molecular complexity index is 392. The molecule has 4 heteroatoms. The number of rotatable bonds is 4. The van der Waals surface area contributed by atoms with Gasteiger partial charge in [0.15, 0.2) is 0 Å². The van der Waals surface area contributed by atoms with Gasteiger partial charge in [-0.05, 0) is 38.3 Å². The average molecular weight is 244 g/mol. The van der Waals surface area contributed by atoms with Gasteiger partial charge in [0, 0.05) is 17.9 Å². The van der Waals surface area contributed by atoms with Gasteiger partial charge in [0.25, 0.3) is 6.43 Å². The van der Waals surface area contributed by atoms with Gasteiger partial charge in [0.05, 0.1) is 0 Å². The molecule has 0 saturated carbocycles. The van der Waals surface area contributed by atoms with Gasteiger partial charge >= 0.3 is 0 Å². The van der Waals surface area contributed by atoms with Crippen molar-refractivity contribution >= 4 is 0 Å².